The molecule has 8 heteroatoms. The molecule has 0 bridgehead atoms. The van der Waals surface area contributed by atoms with Crippen LogP contribution in [0.3, 0.4) is 0 Å². The average molecular weight is 419 g/mol. The van der Waals surface area contributed by atoms with Crippen molar-refractivity contribution in [1.29, 1.82) is 0 Å². The Kier molecular flexibility index (Phi) is 6.59. The van der Waals surface area contributed by atoms with Crippen molar-refractivity contribution in [3.8, 4) is 5.69 Å². The number of carbonyl (C=O) groups is 2. The van der Waals surface area contributed by atoms with E-state index in [9.17, 15) is 9.59 Å². The van der Waals surface area contributed by atoms with Gasteiger partial charge in [-0.1, -0.05) is 18.2 Å². The highest BCUT2D eigenvalue weighted by Gasteiger charge is 2.17. The van der Waals surface area contributed by atoms with Crippen LogP contribution in [0.5, 0.6) is 0 Å². The largest absolute Gasteiger partial charge is 0.369 e. The molecule has 0 aliphatic carbocycles. The van der Waals surface area contributed by atoms with E-state index < -0.39 is 0 Å². The Hall–Kier alpha value is -3.65. The van der Waals surface area contributed by atoms with E-state index in [1.807, 2.05) is 30.5 Å². The van der Waals surface area contributed by atoms with Crippen LogP contribution in [0.4, 0.5) is 5.69 Å². The molecule has 0 atom stereocenters. The summed E-state index contributed by atoms with van der Waals surface area (Å²) in [5, 5.41) is 4.15. The molecular weight excluding hydrogens is 392 g/mol. The van der Waals surface area contributed by atoms with Gasteiger partial charge in [0, 0.05) is 62.8 Å². The molecular formula is C23H26N6O2. The van der Waals surface area contributed by atoms with Gasteiger partial charge in [-0.15, -0.1) is 0 Å². The number of nitrogens with zero attached hydrogens (tertiary/aromatic N) is 4. The summed E-state index contributed by atoms with van der Waals surface area (Å²) in [5.74, 6) is -0.552. The maximum Gasteiger partial charge on any atom is 0.269 e. The van der Waals surface area contributed by atoms with E-state index in [1.54, 1.807) is 35.1 Å². The lowest BCUT2D eigenvalue weighted by molar-refractivity contribution is -0.122. The highest BCUT2D eigenvalue weighted by molar-refractivity contribution is 5.95. The first-order valence-electron chi connectivity index (χ1n) is 10.4. The van der Waals surface area contributed by atoms with E-state index in [1.165, 1.54) is 5.69 Å². The third-order valence-corrected chi connectivity index (χ3v) is 5.36. The number of para-hydroxylation sites is 1. The fourth-order valence-electron chi connectivity index (χ4n) is 3.58. The van der Waals surface area contributed by atoms with E-state index in [2.05, 4.69) is 37.9 Å². The number of carbonyl (C=O) groups excluding carboxylic acids is 2. The van der Waals surface area contributed by atoms with Crippen molar-refractivity contribution in [3.63, 3.8) is 0 Å². The second-order valence-electron chi connectivity index (χ2n) is 7.41. The number of nitrogens with one attached hydrogen (secondary N) is 2. The minimum atomic E-state index is -0.350. The standard InChI is InChI=1S/C23H26N6O2/c30-22(11-14-27-15-17-28(18-16-27)20-5-2-1-3-6-20)25-26-23(31)19-7-9-21(10-8-19)29-13-4-12-24-29/h1-10,12-13H,11,14-18H2,(H,25,30)(H,26,31). The van der Waals surface area contributed by atoms with Gasteiger partial charge in [0.25, 0.3) is 5.91 Å². The van der Waals surface area contributed by atoms with Crippen molar-refractivity contribution < 1.29 is 9.59 Å². The Labute approximate surface area is 181 Å². The molecule has 2 N–H and O–H groups in total. The van der Waals surface area contributed by atoms with Crippen molar-refractivity contribution in [2.45, 2.75) is 6.42 Å². The Balaban J connectivity index is 1.16. The minimum absolute atomic E-state index is 0.202. The number of piperazine rings is 1. The summed E-state index contributed by atoms with van der Waals surface area (Å²) in [6.45, 7) is 4.38. The Bertz CT molecular complexity index is 981. The number of rotatable bonds is 6. The van der Waals surface area contributed by atoms with E-state index in [0.29, 0.717) is 18.5 Å². The number of hydrogen-bond acceptors (Lipinski definition) is 5. The smallest absolute Gasteiger partial charge is 0.269 e. The van der Waals surface area contributed by atoms with Gasteiger partial charge in [-0.3, -0.25) is 25.3 Å². The minimum Gasteiger partial charge on any atom is -0.369 e. The average Bonchev–Trinajstić information content (AvgIpc) is 3.37. The quantitative estimate of drug-likeness (QED) is 0.597. The Morgan fingerprint density at radius 1 is 0.839 bits per heavy atom. The van der Waals surface area contributed by atoms with Gasteiger partial charge < -0.3 is 4.90 Å². The topological polar surface area (TPSA) is 82.5 Å². The van der Waals surface area contributed by atoms with Gasteiger partial charge in [0.1, 0.15) is 0 Å². The Morgan fingerprint density at radius 2 is 1.58 bits per heavy atom. The van der Waals surface area contributed by atoms with Gasteiger partial charge in [-0.25, -0.2) is 4.68 Å². The molecule has 1 aromatic heterocycles. The molecule has 2 aromatic carbocycles. The SMILES string of the molecule is O=C(CCN1CCN(c2ccccc2)CC1)NNC(=O)c1ccc(-n2cccn2)cc1. The summed E-state index contributed by atoms with van der Waals surface area (Å²) in [4.78, 5) is 29.0. The third-order valence-electron chi connectivity index (χ3n) is 5.36. The summed E-state index contributed by atoms with van der Waals surface area (Å²) in [6, 6.07) is 19.2. The summed E-state index contributed by atoms with van der Waals surface area (Å²) in [6.07, 6.45) is 3.86. The molecule has 160 valence electrons. The van der Waals surface area contributed by atoms with E-state index in [-0.39, 0.29) is 11.8 Å². The Morgan fingerprint density at radius 3 is 2.26 bits per heavy atom. The van der Waals surface area contributed by atoms with Crippen LogP contribution >= 0.6 is 0 Å². The van der Waals surface area contributed by atoms with E-state index in [0.717, 1.165) is 31.9 Å². The molecule has 1 fully saturated rings. The summed E-state index contributed by atoms with van der Waals surface area (Å²) < 4.78 is 1.71. The number of hydrogen-bond donors (Lipinski definition) is 2. The molecule has 4 rings (SSSR count). The first-order valence-corrected chi connectivity index (χ1v) is 10.4. The van der Waals surface area contributed by atoms with Gasteiger partial charge >= 0.3 is 0 Å². The second kappa shape index (κ2) is 9.90. The van der Waals surface area contributed by atoms with Crippen LogP contribution in [0, 0.1) is 0 Å². The molecule has 0 unspecified atom stereocenters. The monoisotopic (exact) mass is 418 g/mol. The maximum atomic E-state index is 12.3. The third kappa shape index (κ3) is 5.49. The van der Waals surface area contributed by atoms with Crippen LogP contribution in [0.25, 0.3) is 5.69 Å². The van der Waals surface area contributed by atoms with Crippen LogP contribution in [-0.2, 0) is 4.79 Å². The zero-order chi connectivity index (χ0) is 21.5. The highest BCUT2D eigenvalue weighted by atomic mass is 16.2. The molecule has 2 heterocycles. The number of anilines is 1. The van der Waals surface area contributed by atoms with Crippen LogP contribution in [0.2, 0.25) is 0 Å². The van der Waals surface area contributed by atoms with Gasteiger partial charge in [0.05, 0.1) is 5.69 Å². The lowest BCUT2D eigenvalue weighted by Gasteiger charge is -2.36. The van der Waals surface area contributed by atoms with Gasteiger partial charge in [-0.05, 0) is 42.5 Å². The fourth-order valence-corrected chi connectivity index (χ4v) is 3.58. The molecule has 1 aliphatic heterocycles. The van der Waals surface area contributed by atoms with Crippen molar-refractivity contribution >= 4 is 17.5 Å². The molecule has 31 heavy (non-hydrogen) atoms. The van der Waals surface area contributed by atoms with E-state index in [4.69, 9.17) is 0 Å². The molecule has 0 saturated carbocycles. The van der Waals surface area contributed by atoms with Gasteiger partial charge in [0.15, 0.2) is 0 Å². The van der Waals surface area contributed by atoms with Crippen molar-refractivity contribution in [3.05, 3.63) is 78.6 Å². The maximum absolute atomic E-state index is 12.3. The first kappa shape index (κ1) is 20.6. The second-order valence-corrected chi connectivity index (χ2v) is 7.41. The first-order chi connectivity index (χ1) is 15.2. The van der Waals surface area contributed by atoms with Crippen LogP contribution in [-0.4, -0.2) is 59.2 Å². The molecule has 0 radical (unpaired) electrons. The molecule has 2 amide bonds. The number of benzene rings is 2. The normalized spacial score (nSPS) is 14.3. The molecule has 1 aliphatic rings. The predicted octanol–water partition coefficient (Wildman–Crippen LogP) is 1.85. The lowest BCUT2D eigenvalue weighted by atomic mass is 10.2. The fraction of sp³-hybridized carbons (Fsp3) is 0.261. The summed E-state index contributed by atoms with van der Waals surface area (Å²) in [7, 11) is 0. The van der Waals surface area contributed by atoms with Crippen LogP contribution in [0.1, 0.15) is 16.8 Å². The number of amides is 2. The summed E-state index contributed by atoms with van der Waals surface area (Å²) in [5.41, 5.74) is 7.55. The highest BCUT2D eigenvalue weighted by Crippen LogP contribution is 2.15. The molecule has 8 nitrogen and oxygen atoms in total. The summed E-state index contributed by atoms with van der Waals surface area (Å²) >= 11 is 0. The zero-order valence-electron chi connectivity index (χ0n) is 17.3. The van der Waals surface area contributed by atoms with E-state index >= 15 is 0 Å². The molecule has 3 aromatic rings. The molecule has 0 spiro atoms. The predicted molar refractivity (Wildman–Crippen MR) is 119 cm³/mol. The zero-order valence-corrected chi connectivity index (χ0v) is 17.3. The van der Waals surface area contributed by atoms with Crippen LogP contribution in [0.15, 0.2) is 73.1 Å². The lowest BCUT2D eigenvalue weighted by Crippen LogP contribution is -2.48. The van der Waals surface area contributed by atoms with Gasteiger partial charge in [-0.2, -0.15) is 5.10 Å². The number of aromatic nitrogens is 2. The van der Waals surface area contributed by atoms with Crippen molar-refractivity contribution in [2.75, 3.05) is 37.6 Å². The van der Waals surface area contributed by atoms with Crippen molar-refractivity contribution in [1.82, 2.24) is 25.5 Å². The molecule has 1 saturated heterocycles. The van der Waals surface area contributed by atoms with Gasteiger partial charge in [0.2, 0.25) is 5.91 Å². The van der Waals surface area contributed by atoms with Crippen molar-refractivity contribution in [2.24, 2.45) is 0 Å². The number of hydrazine groups is 1. The van der Waals surface area contributed by atoms with Crippen LogP contribution < -0.4 is 15.8 Å².